The SMILES string of the molecule is CCOC(=O)C(C)(C)Oc1c(C)cc(CN(CC(=O)NC(C)CO)Cc2nc(-c3ccccc3)oc2C)cc1C. The first-order valence-electron chi connectivity index (χ1n) is 13.5. The van der Waals surface area contributed by atoms with E-state index < -0.39 is 11.6 Å². The van der Waals surface area contributed by atoms with Crippen molar-refractivity contribution in [3.05, 3.63) is 70.6 Å². The van der Waals surface area contributed by atoms with Crippen LogP contribution in [0.3, 0.4) is 0 Å². The Morgan fingerprint density at radius 3 is 2.35 bits per heavy atom. The van der Waals surface area contributed by atoms with Crippen LogP contribution in [0.2, 0.25) is 0 Å². The molecule has 1 amide bonds. The van der Waals surface area contributed by atoms with Crippen molar-refractivity contribution in [1.29, 1.82) is 0 Å². The van der Waals surface area contributed by atoms with Gasteiger partial charge < -0.3 is 24.3 Å². The van der Waals surface area contributed by atoms with Gasteiger partial charge in [-0.2, -0.15) is 0 Å². The van der Waals surface area contributed by atoms with Gasteiger partial charge in [0.15, 0.2) is 5.60 Å². The van der Waals surface area contributed by atoms with E-state index in [0.717, 1.165) is 27.9 Å². The van der Waals surface area contributed by atoms with Gasteiger partial charge in [-0.15, -0.1) is 0 Å². The zero-order valence-electron chi connectivity index (χ0n) is 24.5. The molecule has 9 heteroatoms. The summed E-state index contributed by atoms with van der Waals surface area (Å²) in [5.74, 6) is 1.22. The highest BCUT2D eigenvalue weighted by Gasteiger charge is 2.32. The minimum Gasteiger partial charge on any atom is -0.476 e. The van der Waals surface area contributed by atoms with Gasteiger partial charge in [0.25, 0.3) is 0 Å². The molecule has 0 fully saturated rings. The molecule has 0 spiro atoms. The van der Waals surface area contributed by atoms with Crippen LogP contribution >= 0.6 is 0 Å². The molecule has 0 saturated carbocycles. The monoisotopic (exact) mass is 551 g/mol. The maximum atomic E-state index is 12.8. The summed E-state index contributed by atoms with van der Waals surface area (Å²) >= 11 is 0. The standard InChI is InChI=1S/C31H41N3O6/c1-8-38-30(37)31(6,7)40-28-20(2)14-24(15-21(28)3)16-34(18-27(36)32-22(4)19-35)17-26-23(5)39-29(33-26)25-12-10-9-11-13-25/h9-15,22,35H,8,16-19H2,1-7H3,(H,32,36). The van der Waals surface area contributed by atoms with Gasteiger partial charge in [-0.25, -0.2) is 9.78 Å². The molecule has 1 unspecified atom stereocenters. The Morgan fingerprint density at radius 2 is 1.75 bits per heavy atom. The quantitative estimate of drug-likeness (QED) is 0.299. The fourth-order valence-electron chi connectivity index (χ4n) is 4.38. The van der Waals surface area contributed by atoms with Crippen molar-refractivity contribution in [2.24, 2.45) is 0 Å². The van der Waals surface area contributed by atoms with Crippen molar-refractivity contribution in [1.82, 2.24) is 15.2 Å². The number of aromatic nitrogens is 1. The van der Waals surface area contributed by atoms with Crippen molar-refractivity contribution in [2.45, 2.75) is 73.2 Å². The number of hydrogen-bond donors (Lipinski definition) is 2. The van der Waals surface area contributed by atoms with E-state index in [-0.39, 0.29) is 31.7 Å². The molecule has 1 atom stereocenters. The van der Waals surface area contributed by atoms with Crippen LogP contribution < -0.4 is 10.1 Å². The van der Waals surface area contributed by atoms with Crippen molar-refractivity contribution in [3.63, 3.8) is 0 Å². The third-order valence-electron chi connectivity index (χ3n) is 6.39. The summed E-state index contributed by atoms with van der Waals surface area (Å²) in [6, 6.07) is 13.3. The molecule has 0 aliphatic heterocycles. The number of nitrogens with one attached hydrogen (secondary N) is 1. The summed E-state index contributed by atoms with van der Waals surface area (Å²) in [7, 11) is 0. The maximum Gasteiger partial charge on any atom is 0.349 e. The Bertz CT molecular complexity index is 1280. The highest BCUT2D eigenvalue weighted by Crippen LogP contribution is 2.30. The Labute approximate surface area is 236 Å². The topological polar surface area (TPSA) is 114 Å². The molecule has 0 bridgehead atoms. The van der Waals surface area contributed by atoms with E-state index in [1.54, 1.807) is 27.7 Å². The van der Waals surface area contributed by atoms with Crippen molar-refractivity contribution >= 4 is 11.9 Å². The number of oxazole rings is 1. The summed E-state index contributed by atoms with van der Waals surface area (Å²) in [6.45, 7) is 13.7. The average Bonchev–Trinajstić information content (AvgIpc) is 3.26. The summed E-state index contributed by atoms with van der Waals surface area (Å²) in [4.78, 5) is 31.9. The molecule has 0 aliphatic rings. The van der Waals surface area contributed by atoms with Crippen molar-refractivity contribution < 1.29 is 28.6 Å². The number of aliphatic hydroxyl groups is 1. The van der Waals surface area contributed by atoms with E-state index in [0.29, 0.717) is 30.5 Å². The summed E-state index contributed by atoms with van der Waals surface area (Å²) in [5, 5.41) is 12.2. The zero-order valence-corrected chi connectivity index (χ0v) is 24.5. The number of aryl methyl sites for hydroxylation is 3. The number of hydrogen-bond acceptors (Lipinski definition) is 8. The number of aliphatic hydroxyl groups excluding tert-OH is 1. The Kier molecular flexibility index (Phi) is 10.5. The fourth-order valence-corrected chi connectivity index (χ4v) is 4.38. The lowest BCUT2D eigenvalue weighted by molar-refractivity contribution is -0.158. The number of esters is 1. The predicted octanol–water partition coefficient (Wildman–Crippen LogP) is 4.49. The normalized spacial score (nSPS) is 12.3. The molecule has 3 rings (SSSR count). The molecular weight excluding hydrogens is 510 g/mol. The number of benzene rings is 2. The van der Waals surface area contributed by atoms with Gasteiger partial charge >= 0.3 is 5.97 Å². The molecule has 3 aromatic rings. The molecule has 2 aromatic carbocycles. The van der Waals surface area contributed by atoms with E-state index in [1.807, 2.05) is 68.1 Å². The van der Waals surface area contributed by atoms with E-state index in [9.17, 15) is 14.7 Å². The average molecular weight is 552 g/mol. The number of carbonyl (C=O) groups is 2. The van der Waals surface area contributed by atoms with Crippen LogP contribution in [-0.4, -0.2) is 58.3 Å². The van der Waals surface area contributed by atoms with Crippen LogP contribution in [0.1, 0.15) is 55.8 Å². The van der Waals surface area contributed by atoms with E-state index in [4.69, 9.17) is 18.9 Å². The molecule has 2 N–H and O–H groups in total. The zero-order chi connectivity index (χ0) is 29.4. The van der Waals surface area contributed by atoms with E-state index in [1.165, 1.54) is 0 Å². The van der Waals surface area contributed by atoms with Gasteiger partial charge in [0, 0.05) is 24.7 Å². The smallest absolute Gasteiger partial charge is 0.349 e. The second-order valence-electron chi connectivity index (χ2n) is 10.6. The summed E-state index contributed by atoms with van der Waals surface area (Å²) in [6.07, 6.45) is 0. The summed E-state index contributed by atoms with van der Waals surface area (Å²) < 4.78 is 17.2. The number of ether oxygens (including phenoxy) is 2. The predicted molar refractivity (Wildman–Crippen MR) is 153 cm³/mol. The second kappa shape index (κ2) is 13.6. The van der Waals surface area contributed by atoms with E-state index in [2.05, 4.69) is 5.32 Å². The first-order chi connectivity index (χ1) is 18.9. The van der Waals surface area contributed by atoms with Crippen LogP contribution in [0, 0.1) is 20.8 Å². The van der Waals surface area contributed by atoms with Crippen LogP contribution in [-0.2, 0) is 27.4 Å². The molecular formula is C31H41N3O6. The lowest BCUT2D eigenvalue weighted by Crippen LogP contribution is -2.42. The molecule has 0 aliphatic carbocycles. The number of nitrogens with zero attached hydrogens (tertiary/aromatic N) is 2. The van der Waals surface area contributed by atoms with Crippen molar-refractivity contribution in [2.75, 3.05) is 19.8 Å². The summed E-state index contributed by atoms with van der Waals surface area (Å²) in [5.41, 5.74) is 3.20. The highest BCUT2D eigenvalue weighted by molar-refractivity contribution is 5.79. The first-order valence-corrected chi connectivity index (χ1v) is 13.5. The lowest BCUT2D eigenvalue weighted by atomic mass is 10.0. The molecule has 1 aromatic heterocycles. The Morgan fingerprint density at radius 1 is 1.10 bits per heavy atom. The minimum atomic E-state index is -1.14. The van der Waals surface area contributed by atoms with Gasteiger partial charge in [0.05, 0.1) is 25.5 Å². The Balaban J connectivity index is 1.85. The number of carbonyl (C=O) groups excluding carboxylic acids is 2. The van der Waals surface area contributed by atoms with Gasteiger partial charge in [-0.05, 0) is 77.3 Å². The Hall–Kier alpha value is -3.69. The van der Waals surface area contributed by atoms with Crippen LogP contribution in [0.15, 0.2) is 46.9 Å². The van der Waals surface area contributed by atoms with Crippen LogP contribution in [0.25, 0.3) is 11.5 Å². The molecule has 216 valence electrons. The number of rotatable bonds is 13. The lowest BCUT2D eigenvalue weighted by Gasteiger charge is -2.27. The maximum absolute atomic E-state index is 12.8. The van der Waals surface area contributed by atoms with Crippen LogP contribution in [0.4, 0.5) is 0 Å². The fraction of sp³-hybridized carbons (Fsp3) is 0.452. The van der Waals surface area contributed by atoms with Gasteiger partial charge in [0.1, 0.15) is 11.5 Å². The molecule has 0 saturated heterocycles. The highest BCUT2D eigenvalue weighted by atomic mass is 16.6. The molecule has 1 heterocycles. The van der Waals surface area contributed by atoms with Crippen LogP contribution in [0.5, 0.6) is 5.75 Å². The minimum absolute atomic E-state index is 0.101. The largest absolute Gasteiger partial charge is 0.476 e. The third-order valence-corrected chi connectivity index (χ3v) is 6.39. The van der Waals surface area contributed by atoms with Gasteiger partial charge in [-0.3, -0.25) is 9.69 Å². The second-order valence-corrected chi connectivity index (χ2v) is 10.6. The van der Waals surface area contributed by atoms with Crippen molar-refractivity contribution in [3.8, 4) is 17.2 Å². The molecule has 0 radical (unpaired) electrons. The number of amides is 1. The van der Waals surface area contributed by atoms with E-state index >= 15 is 0 Å². The first kappa shape index (κ1) is 30.8. The molecule has 9 nitrogen and oxygen atoms in total. The van der Waals surface area contributed by atoms with Gasteiger partial charge in [-0.1, -0.05) is 30.3 Å². The third kappa shape index (κ3) is 8.16. The molecule has 40 heavy (non-hydrogen) atoms. The van der Waals surface area contributed by atoms with Gasteiger partial charge in [0.2, 0.25) is 11.8 Å².